The topological polar surface area (TPSA) is 55.1 Å². The number of thiazole rings is 1. The van der Waals surface area contributed by atoms with E-state index in [1.165, 1.54) is 29.5 Å². The van der Waals surface area contributed by atoms with Crippen LogP contribution in [0.2, 0.25) is 0 Å². The van der Waals surface area contributed by atoms with Crippen molar-refractivity contribution in [1.29, 1.82) is 0 Å². The third-order valence-electron chi connectivity index (χ3n) is 2.62. The van der Waals surface area contributed by atoms with Crippen LogP contribution in [0.5, 0.6) is 0 Å². The van der Waals surface area contributed by atoms with Crippen LogP contribution in [0.1, 0.15) is 10.4 Å². The normalized spacial score (nSPS) is 10.4. The van der Waals surface area contributed by atoms with Crippen LogP contribution in [0.3, 0.4) is 0 Å². The maximum absolute atomic E-state index is 13.5. The fraction of sp³-hybridized carbons (Fsp3) is 0. The first-order chi connectivity index (χ1) is 9.74. The first-order valence-corrected chi connectivity index (χ1v) is 6.67. The lowest BCUT2D eigenvalue weighted by Crippen LogP contribution is -2.13. The molecule has 4 nitrogen and oxygen atoms in total. The monoisotopic (exact) mass is 288 g/mol. The lowest BCUT2D eigenvalue weighted by atomic mass is 10.2. The van der Waals surface area contributed by atoms with Crippen molar-refractivity contribution in [1.82, 2.24) is 4.98 Å². The highest BCUT2D eigenvalue weighted by Crippen LogP contribution is 2.25. The van der Waals surface area contributed by atoms with E-state index in [-0.39, 0.29) is 5.56 Å². The van der Waals surface area contributed by atoms with Crippen LogP contribution in [-0.2, 0) is 0 Å². The van der Waals surface area contributed by atoms with Gasteiger partial charge < -0.3 is 4.42 Å². The molecule has 1 N–H and O–H groups in total. The Balaban J connectivity index is 1.79. The third-order valence-corrected chi connectivity index (χ3v) is 3.37. The molecule has 3 rings (SSSR count). The summed E-state index contributed by atoms with van der Waals surface area (Å²) in [5.41, 5.74) is 0.617. The van der Waals surface area contributed by atoms with Crippen LogP contribution >= 0.6 is 11.3 Å². The Morgan fingerprint density at radius 3 is 2.85 bits per heavy atom. The molecule has 2 heterocycles. The van der Waals surface area contributed by atoms with Gasteiger partial charge in [0, 0.05) is 5.38 Å². The average molecular weight is 288 g/mol. The van der Waals surface area contributed by atoms with Crippen molar-refractivity contribution in [3.05, 3.63) is 59.4 Å². The second kappa shape index (κ2) is 5.26. The Labute approximate surface area is 117 Å². The van der Waals surface area contributed by atoms with E-state index in [1.54, 1.807) is 29.8 Å². The molecule has 0 atom stereocenters. The lowest BCUT2D eigenvalue weighted by Gasteiger charge is -2.02. The number of nitrogens with one attached hydrogen (secondary N) is 1. The summed E-state index contributed by atoms with van der Waals surface area (Å²) < 4.78 is 18.7. The summed E-state index contributed by atoms with van der Waals surface area (Å²) in [4.78, 5) is 16.1. The summed E-state index contributed by atoms with van der Waals surface area (Å²) in [6.07, 6.45) is 1.55. The highest BCUT2D eigenvalue weighted by atomic mass is 32.1. The van der Waals surface area contributed by atoms with Gasteiger partial charge in [0.25, 0.3) is 5.91 Å². The summed E-state index contributed by atoms with van der Waals surface area (Å²) in [7, 11) is 0. The van der Waals surface area contributed by atoms with Crippen LogP contribution in [0.25, 0.3) is 11.5 Å². The van der Waals surface area contributed by atoms with Crippen molar-refractivity contribution >= 4 is 22.4 Å². The SMILES string of the molecule is O=C(Nc1nc(-c2ccco2)cs1)c1ccccc1F. The van der Waals surface area contributed by atoms with E-state index in [2.05, 4.69) is 10.3 Å². The second-order valence-electron chi connectivity index (χ2n) is 3.95. The van der Waals surface area contributed by atoms with Crippen molar-refractivity contribution in [2.45, 2.75) is 0 Å². The van der Waals surface area contributed by atoms with Crippen LogP contribution in [0, 0.1) is 5.82 Å². The van der Waals surface area contributed by atoms with Crippen LogP contribution in [0.4, 0.5) is 9.52 Å². The van der Waals surface area contributed by atoms with Gasteiger partial charge in [0.1, 0.15) is 11.5 Å². The predicted octanol–water partition coefficient (Wildman–Crippen LogP) is 3.79. The number of carbonyl (C=O) groups is 1. The standard InChI is InChI=1S/C14H9FN2O2S/c15-10-5-2-1-4-9(10)13(18)17-14-16-11(8-20-14)12-6-3-7-19-12/h1-8H,(H,16,17,18). The number of amides is 1. The maximum Gasteiger partial charge on any atom is 0.260 e. The number of carbonyl (C=O) groups excluding carboxylic acids is 1. The number of hydrogen-bond acceptors (Lipinski definition) is 4. The molecular weight excluding hydrogens is 279 g/mol. The fourth-order valence-corrected chi connectivity index (χ4v) is 2.37. The van der Waals surface area contributed by atoms with Crippen molar-refractivity contribution < 1.29 is 13.6 Å². The lowest BCUT2D eigenvalue weighted by molar-refractivity contribution is 0.102. The van der Waals surface area contributed by atoms with E-state index in [0.717, 1.165) is 0 Å². The van der Waals surface area contributed by atoms with Gasteiger partial charge in [0.2, 0.25) is 0 Å². The maximum atomic E-state index is 13.5. The average Bonchev–Trinajstić information content (AvgIpc) is 3.09. The van der Waals surface area contributed by atoms with E-state index < -0.39 is 11.7 Å². The van der Waals surface area contributed by atoms with E-state index in [1.807, 2.05) is 0 Å². The molecule has 3 aromatic rings. The largest absolute Gasteiger partial charge is 0.463 e. The highest BCUT2D eigenvalue weighted by Gasteiger charge is 2.13. The Morgan fingerprint density at radius 1 is 1.25 bits per heavy atom. The molecule has 0 spiro atoms. The van der Waals surface area contributed by atoms with Crippen LogP contribution in [0.15, 0.2) is 52.5 Å². The van der Waals surface area contributed by atoms with Gasteiger partial charge in [-0.15, -0.1) is 11.3 Å². The first kappa shape index (κ1) is 12.6. The molecule has 6 heteroatoms. The zero-order chi connectivity index (χ0) is 13.9. The minimum absolute atomic E-state index is 0.0118. The van der Waals surface area contributed by atoms with Gasteiger partial charge in [-0.2, -0.15) is 0 Å². The molecule has 0 radical (unpaired) electrons. The van der Waals surface area contributed by atoms with Crippen molar-refractivity contribution in [3.63, 3.8) is 0 Å². The number of nitrogens with zero attached hydrogens (tertiary/aromatic N) is 1. The molecule has 0 saturated heterocycles. The number of benzene rings is 1. The second-order valence-corrected chi connectivity index (χ2v) is 4.81. The predicted molar refractivity (Wildman–Crippen MR) is 74.2 cm³/mol. The molecule has 0 fully saturated rings. The molecule has 0 unspecified atom stereocenters. The van der Waals surface area contributed by atoms with E-state index in [4.69, 9.17) is 4.42 Å². The molecule has 100 valence electrons. The van der Waals surface area contributed by atoms with Gasteiger partial charge in [-0.05, 0) is 24.3 Å². The highest BCUT2D eigenvalue weighted by molar-refractivity contribution is 7.14. The fourth-order valence-electron chi connectivity index (χ4n) is 1.68. The van der Waals surface area contributed by atoms with Gasteiger partial charge in [-0.3, -0.25) is 10.1 Å². The van der Waals surface area contributed by atoms with Crippen molar-refractivity contribution in [2.75, 3.05) is 5.32 Å². The minimum Gasteiger partial charge on any atom is -0.463 e. The summed E-state index contributed by atoms with van der Waals surface area (Å²) in [6.45, 7) is 0. The third kappa shape index (κ3) is 2.46. The Bertz CT molecular complexity index is 737. The summed E-state index contributed by atoms with van der Waals surface area (Å²) >= 11 is 1.25. The van der Waals surface area contributed by atoms with Gasteiger partial charge >= 0.3 is 0 Å². The number of hydrogen-bond donors (Lipinski definition) is 1. The smallest absolute Gasteiger partial charge is 0.260 e. The van der Waals surface area contributed by atoms with Crippen LogP contribution < -0.4 is 5.32 Å². The summed E-state index contributed by atoms with van der Waals surface area (Å²) in [5.74, 6) is -0.469. The molecule has 0 saturated carbocycles. The number of rotatable bonds is 3. The van der Waals surface area contributed by atoms with Crippen molar-refractivity contribution in [2.24, 2.45) is 0 Å². The molecule has 0 bridgehead atoms. The Hall–Kier alpha value is -2.47. The molecule has 2 aromatic heterocycles. The van der Waals surface area contributed by atoms with Crippen molar-refractivity contribution in [3.8, 4) is 11.5 Å². The van der Waals surface area contributed by atoms with Gasteiger partial charge in [0.15, 0.2) is 10.9 Å². The Kier molecular flexibility index (Phi) is 3.30. The molecule has 0 aliphatic heterocycles. The van der Waals surface area contributed by atoms with Gasteiger partial charge in [-0.25, -0.2) is 9.37 Å². The minimum atomic E-state index is -0.562. The number of anilines is 1. The van der Waals surface area contributed by atoms with E-state index in [9.17, 15) is 9.18 Å². The van der Waals surface area contributed by atoms with Gasteiger partial charge in [-0.1, -0.05) is 12.1 Å². The number of furan rings is 1. The zero-order valence-corrected chi connectivity index (χ0v) is 11.0. The molecular formula is C14H9FN2O2S. The van der Waals surface area contributed by atoms with Gasteiger partial charge in [0.05, 0.1) is 11.8 Å². The Morgan fingerprint density at radius 2 is 2.10 bits per heavy atom. The molecule has 1 aromatic carbocycles. The molecule has 0 aliphatic carbocycles. The number of halogens is 1. The van der Waals surface area contributed by atoms with Crippen LogP contribution in [-0.4, -0.2) is 10.9 Å². The van der Waals surface area contributed by atoms with E-state index >= 15 is 0 Å². The summed E-state index contributed by atoms with van der Waals surface area (Å²) in [5, 5.41) is 4.72. The van der Waals surface area contributed by atoms with E-state index in [0.29, 0.717) is 16.6 Å². The quantitative estimate of drug-likeness (QED) is 0.797. The molecule has 0 aliphatic rings. The molecule has 20 heavy (non-hydrogen) atoms. The summed E-state index contributed by atoms with van der Waals surface area (Å²) in [6, 6.07) is 9.33. The molecule has 1 amide bonds. The number of aromatic nitrogens is 1. The first-order valence-electron chi connectivity index (χ1n) is 5.79. The zero-order valence-electron chi connectivity index (χ0n) is 10.2.